The van der Waals surface area contributed by atoms with Gasteiger partial charge in [0.2, 0.25) is 0 Å². The Bertz CT molecular complexity index is 940. The highest BCUT2D eigenvalue weighted by Crippen LogP contribution is 2.26. The summed E-state index contributed by atoms with van der Waals surface area (Å²) in [6, 6.07) is 17.8. The molecular formula is C24H26FN2O2S+. The third kappa shape index (κ3) is 6.27. The largest absolute Gasteiger partial charge is 0.490 e. The number of nitrogens with one attached hydrogen (secondary N) is 2. The number of amides is 1. The summed E-state index contributed by atoms with van der Waals surface area (Å²) in [6.45, 7) is 5.16. The Kier molecular flexibility index (Phi) is 7.76. The molecule has 156 valence electrons. The third-order valence-electron chi connectivity index (χ3n) is 4.60. The minimum absolute atomic E-state index is 0.0545. The molecule has 1 unspecified atom stereocenters. The third-order valence-corrected chi connectivity index (χ3v) is 5.53. The van der Waals surface area contributed by atoms with Gasteiger partial charge in [-0.05, 0) is 53.4 Å². The van der Waals surface area contributed by atoms with Crippen LogP contribution in [0.3, 0.4) is 0 Å². The molecule has 2 N–H and O–H groups in total. The summed E-state index contributed by atoms with van der Waals surface area (Å²) < 4.78 is 18.8. The van der Waals surface area contributed by atoms with Gasteiger partial charge in [-0.3, -0.25) is 4.79 Å². The van der Waals surface area contributed by atoms with Crippen molar-refractivity contribution in [3.8, 4) is 5.75 Å². The molecule has 6 heteroatoms. The standard InChI is InChI=1S/C24H25FN2O2S/c1-3-14-29-21-12-6-18(7-13-21)16-27(2)17-23(28)26-24(22-5-4-15-30-22)19-8-10-20(25)11-9-19/h3-13,15,24H,1,14,16-17H2,2H3,(H,26,28)/p+1/t24-/m1/s1. The van der Waals surface area contributed by atoms with E-state index in [0.29, 0.717) is 13.2 Å². The molecule has 0 saturated heterocycles. The maximum Gasteiger partial charge on any atom is 0.275 e. The minimum atomic E-state index is -0.292. The van der Waals surface area contributed by atoms with Crippen LogP contribution in [0.2, 0.25) is 0 Å². The lowest BCUT2D eigenvalue weighted by molar-refractivity contribution is -0.885. The highest BCUT2D eigenvalue weighted by atomic mass is 32.1. The number of halogens is 1. The summed E-state index contributed by atoms with van der Waals surface area (Å²) >= 11 is 1.57. The van der Waals surface area contributed by atoms with Crippen LogP contribution in [-0.2, 0) is 11.3 Å². The van der Waals surface area contributed by atoms with Gasteiger partial charge in [0, 0.05) is 10.4 Å². The van der Waals surface area contributed by atoms with E-state index in [2.05, 4.69) is 11.9 Å². The number of carbonyl (C=O) groups is 1. The highest BCUT2D eigenvalue weighted by molar-refractivity contribution is 7.10. The predicted molar refractivity (Wildman–Crippen MR) is 118 cm³/mol. The SMILES string of the molecule is C=CCOc1ccc(C[NH+](C)CC(=O)N[C@H](c2ccc(F)cc2)c2cccs2)cc1. The molecule has 0 spiro atoms. The Morgan fingerprint density at radius 3 is 2.57 bits per heavy atom. The van der Waals surface area contributed by atoms with Gasteiger partial charge in [0.15, 0.2) is 6.54 Å². The lowest BCUT2D eigenvalue weighted by atomic mass is 10.1. The van der Waals surface area contributed by atoms with Gasteiger partial charge in [0.05, 0.1) is 13.1 Å². The van der Waals surface area contributed by atoms with Crippen LogP contribution in [0.25, 0.3) is 0 Å². The second-order valence-electron chi connectivity index (χ2n) is 7.12. The highest BCUT2D eigenvalue weighted by Gasteiger charge is 2.20. The van der Waals surface area contributed by atoms with E-state index in [4.69, 9.17) is 4.74 Å². The normalized spacial score (nSPS) is 12.7. The minimum Gasteiger partial charge on any atom is -0.490 e. The van der Waals surface area contributed by atoms with E-state index in [9.17, 15) is 9.18 Å². The summed E-state index contributed by atoms with van der Waals surface area (Å²) in [5, 5.41) is 5.07. The first-order valence-corrected chi connectivity index (χ1v) is 10.7. The van der Waals surface area contributed by atoms with Gasteiger partial charge in [-0.2, -0.15) is 0 Å². The average Bonchev–Trinajstić information content (AvgIpc) is 3.27. The monoisotopic (exact) mass is 425 g/mol. The molecule has 0 aliphatic heterocycles. The number of likely N-dealkylation sites (N-methyl/N-ethyl adjacent to an activating group) is 1. The Morgan fingerprint density at radius 1 is 1.20 bits per heavy atom. The van der Waals surface area contributed by atoms with Crippen LogP contribution in [-0.4, -0.2) is 26.1 Å². The van der Waals surface area contributed by atoms with Crippen molar-refractivity contribution in [2.24, 2.45) is 0 Å². The van der Waals surface area contributed by atoms with Crippen LogP contribution in [0.4, 0.5) is 4.39 Å². The molecule has 3 rings (SSSR count). The Balaban J connectivity index is 1.59. The molecule has 1 aromatic heterocycles. The number of hydrogen-bond donors (Lipinski definition) is 2. The first-order valence-electron chi connectivity index (χ1n) is 9.77. The van der Waals surface area contributed by atoms with Gasteiger partial charge in [-0.25, -0.2) is 4.39 Å². The molecular weight excluding hydrogens is 399 g/mol. The molecule has 3 aromatic rings. The van der Waals surface area contributed by atoms with Gasteiger partial charge in [-0.1, -0.05) is 30.9 Å². The zero-order valence-corrected chi connectivity index (χ0v) is 17.8. The summed E-state index contributed by atoms with van der Waals surface area (Å²) in [7, 11) is 1.99. The fourth-order valence-electron chi connectivity index (χ4n) is 3.19. The molecule has 1 amide bonds. The lowest BCUT2D eigenvalue weighted by Gasteiger charge is -2.20. The molecule has 0 saturated carbocycles. The second kappa shape index (κ2) is 10.7. The van der Waals surface area contributed by atoms with Crippen molar-refractivity contribution < 1.29 is 18.8 Å². The summed E-state index contributed by atoms with van der Waals surface area (Å²) in [5.41, 5.74) is 1.99. The summed E-state index contributed by atoms with van der Waals surface area (Å²) in [6.07, 6.45) is 1.71. The van der Waals surface area contributed by atoms with Crippen molar-refractivity contribution in [2.75, 3.05) is 20.2 Å². The van der Waals surface area contributed by atoms with Crippen molar-refractivity contribution in [3.63, 3.8) is 0 Å². The van der Waals surface area contributed by atoms with Crippen LogP contribution in [0.1, 0.15) is 22.0 Å². The van der Waals surface area contributed by atoms with Crippen molar-refractivity contribution >= 4 is 17.2 Å². The molecule has 2 atom stereocenters. The van der Waals surface area contributed by atoms with Gasteiger partial charge < -0.3 is 15.0 Å². The van der Waals surface area contributed by atoms with Crippen LogP contribution in [0, 0.1) is 5.82 Å². The maximum absolute atomic E-state index is 13.3. The van der Waals surface area contributed by atoms with E-state index in [-0.39, 0.29) is 17.8 Å². The number of quaternary nitrogens is 1. The van der Waals surface area contributed by atoms with Crippen LogP contribution in [0.15, 0.2) is 78.7 Å². The van der Waals surface area contributed by atoms with Gasteiger partial charge >= 0.3 is 0 Å². The smallest absolute Gasteiger partial charge is 0.275 e. The first kappa shape index (κ1) is 21.7. The van der Waals surface area contributed by atoms with Gasteiger partial charge in [-0.15, -0.1) is 11.3 Å². The molecule has 0 fully saturated rings. The fraction of sp³-hybridized carbons (Fsp3) is 0.208. The number of thiophene rings is 1. The maximum atomic E-state index is 13.3. The van der Waals surface area contributed by atoms with Crippen molar-refractivity contribution in [1.29, 1.82) is 0 Å². The molecule has 0 aliphatic rings. The van der Waals surface area contributed by atoms with Crippen LogP contribution in [0.5, 0.6) is 5.75 Å². The zero-order chi connectivity index (χ0) is 21.3. The molecule has 4 nitrogen and oxygen atoms in total. The van der Waals surface area contributed by atoms with E-state index < -0.39 is 0 Å². The molecule has 2 aromatic carbocycles. The summed E-state index contributed by atoms with van der Waals surface area (Å²) in [5.74, 6) is 0.452. The zero-order valence-electron chi connectivity index (χ0n) is 16.9. The number of carbonyl (C=O) groups excluding carboxylic acids is 1. The molecule has 1 heterocycles. The Morgan fingerprint density at radius 2 is 1.93 bits per heavy atom. The fourth-order valence-corrected chi connectivity index (χ4v) is 3.99. The molecule has 0 radical (unpaired) electrons. The van der Waals surface area contributed by atoms with Gasteiger partial charge in [0.1, 0.15) is 24.7 Å². The van der Waals surface area contributed by atoms with E-state index in [1.165, 1.54) is 12.1 Å². The predicted octanol–water partition coefficient (Wildman–Crippen LogP) is 3.37. The van der Waals surface area contributed by atoms with Gasteiger partial charge in [0.25, 0.3) is 5.91 Å². The number of ether oxygens (including phenoxy) is 1. The van der Waals surface area contributed by atoms with Crippen molar-refractivity contribution in [3.05, 3.63) is 101 Å². The topological polar surface area (TPSA) is 42.8 Å². The number of hydrogen-bond acceptors (Lipinski definition) is 3. The van der Waals surface area contributed by atoms with Crippen molar-refractivity contribution in [2.45, 2.75) is 12.6 Å². The number of rotatable bonds is 10. The van der Waals surface area contributed by atoms with Crippen LogP contribution >= 0.6 is 11.3 Å². The van der Waals surface area contributed by atoms with Crippen molar-refractivity contribution in [1.82, 2.24) is 5.32 Å². The number of benzene rings is 2. The van der Waals surface area contributed by atoms with E-state index in [1.807, 2.05) is 48.8 Å². The Labute approximate surface area is 180 Å². The Hall–Kier alpha value is -2.96. The lowest BCUT2D eigenvalue weighted by Crippen LogP contribution is -3.08. The first-order chi connectivity index (χ1) is 14.5. The van der Waals surface area contributed by atoms with E-state index >= 15 is 0 Å². The molecule has 0 bridgehead atoms. The van der Waals surface area contributed by atoms with E-state index in [0.717, 1.165) is 33.2 Å². The van der Waals surface area contributed by atoms with E-state index in [1.54, 1.807) is 29.5 Å². The quantitative estimate of drug-likeness (QED) is 0.489. The van der Waals surface area contributed by atoms with Crippen LogP contribution < -0.4 is 15.0 Å². The summed E-state index contributed by atoms with van der Waals surface area (Å²) in [4.78, 5) is 14.8. The second-order valence-corrected chi connectivity index (χ2v) is 8.10. The molecule has 30 heavy (non-hydrogen) atoms. The molecule has 0 aliphatic carbocycles. The average molecular weight is 426 g/mol.